The molecule has 1 amide bonds. The zero-order valence-corrected chi connectivity index (χ0v) is 10.4. The second kappa shape index (κ2) is 4.87. The largest absolute Gasteiger partial charge is 0.507 e. The zero-order chi connectivity index (χ0) is 11.5. The Morgan fingerprint density at radius 2 is 2.19 bits per heavy atom. The van der Waals surface area contributed by atoms with Crippen LogP contribution in [0, 0.1) is 5.92 Å². The van der Waals surface area contributed by atoms with E-state index in [0.717, 1.165) is 0 Å². The van der Waals surface area contributed by atoms with Crippen LogP contribution in [0.5, 0.6) is 5.75 Å². The number of carbonyl (C=O) groups is 1. The lowest BCUT2D eigenvalue weighted by Gasteiger charge is -2.10. The van der Waals surface area contributed by atoms with Gasteiger partial charge in [-0.3, -0.25) is 4.79 Å². The van der Waals surface area contributed by atoms with Crippen molar-refractivity contribution in [3.8, 4) is 5.75 Å². The molecule has 0 heterocycles. The highest BCUT2D eigenvalue weighted by Crippen LogP contribution is 2.36. The molecule has 0 aliphatic heterocycles. The number of phenolic OH excluding ortho intramolecular Hbond substituents is 1. The topological polar surface area (TPSA) is 49.3 Å². The number of aromatic hydroxyl groups is 1. The maximum atomic E-state index is 11.7. The fraction of sp³-hybridized carbons (Fsp3) is 0.417. The van der Waals surface area contributed by atoms with Gasteiger partial charge in [0.2, 0.25) is 0 Å². The van der Waals surface area contributed by atoms with E-state index in [0.29, 0.717) is 22.9 Å². The molecule has 1 aromatic carbocycles. The van der Waals surface area contributed by atoms with Crippen LogP contribution in [0.4, 0.5) is 0 Å². The Kier molecular flexibility index (Phi) is 3.49. The van der Waals surface area contributed by atoms with Gasteiger partial charge in [-0.15, -0.1) is 0 Å². The molecule has 0 aromatic heterocycles. The third kappa shape index (κ3) is 2.76. The van der Waals surface area contributed by atoms with Crippen molar-refractivity contribution in [3.63, 3.8) is 0 Å². The van der Waals surface area contributed by atoms with Gasteiger partial charge in [-0.1, -0.05) is 28.1 Å². The number of alkyl halides is 1. The Labute approximate surface area is 103 Å². The average molecular weight is 284 g/mol. The minimum atomic E-state index is -0.219. The molecular weight excluding hydrogens is 270 g/mol. The molecule has 2 rings (SSSR count). The summed E-state index contributed by atoms with van der Waals surface area (Å²) in [6, 6.07) is 6.57. The van der Waals surface area contributed by atoms with Crippen LogP contribution in [0.2, 0.25) is 0 Å². The first-order valence-corrected chi connectivity index (χ1v) is 6.30. The summed E-state index contributed by atoms with van der Waals surface area (Å²) in [5.74, 6) is 0.505. The summed E-state index contributed by atoms with van der Waals surface area (Å²) in [6.07, 6.45) is 2.48. The molecule has 1 aliphatic carbocycles. The number of rotatable bonds is 4. The van der Waals surface area contributed by atoms with Gasteiger partial charge in [0.1, 0.15) is 5.75 Å². The summed E-state index contributed by atoms with van der Waals surface area (Å²) in [5.41, 5.74) is 0.331. The molecule has 3 nitrogen and oxygen atoms in total. The molecule has 0 spiro atoms. The molecule has 2 N–H and O–H groups in total. The molecule has 86 valence electrons. The van der Waals surface area contributed by atoms with Crippen molar-refractivity contribution < 1.29 is 9.90 Å². The minimum Gasteiger partial charge on any atom is -0.507 e. The predicted molar refractivity (Wildman–Crippen MR) is 65.9 cm³/mol. The van der Waals surface area contributed by atoms with Crippen LogP contribution < -0.4 is 5.32 Å². The van der Waals surface area contributed by atoms with Crippen LogP contribution in [-0.2, 0) is 0 Å². The molecule has 1 atom stereocenters. The normalized spacial score (nSPS) is 16.8. The van der Waals surface area contributed by atoms with Gasteiger partial charge in [0.05, 0.1) is 5.56 Å². The Morgan fingerprint density at radius 3 is 2.81 bits per heavy atom. The lowest BCUT2D eigenvalue weighted by Crippen LogP contribution is -2.30. The van der Waals surface area contributed by atoms with E-state index >= 15 is 0 Å². The smallest absolute Gasteiger partial charge is 0.255 e. The number of benzene rings is 1. The first-order valence-electron chi connectivity index (χ1n) is 5.38. The highest BCUT2D eigenvalue weighted by Gasteiger charge is 2.29. The van der Waals surface area contributed by atoms with Gasteiger partial charge in [0, 0.05) is 11.4 Å². The fourth-order valence-corrected chi connectivity index (χ4v) is 2.27. The fourth-order valence-electron chi connectivity index (χ4n) is 1.58. The standard InChI is InChI=1S/C12H14BrNO2/c13-10(8-5-6-8)7-14-12(16)9-3-1-2-4-11(9)15/h1-4,8,10,15H,5-7H2,(H,14,16). The van der Waals surface area contributed by atoms with Gasteiger partial charge >= 0.3 is 0 Å². The Bertz CT molecular complexity index is 390. The SMILES string of the molecule is O=C(NCC(Br)C1CC1)c1ccccc1O. The number of hydrogen-bond donors (Lipinski definition) is 2. The molecule has 1 aromatic rings. The second-order valence-electron chi connectivity index (χ2n) is 4.08. The van der Waals surface area contributed by atoms with Crippen molar-refractivity contribution in [1.29, 1.82) is 0 Å². The number of amides is 1. The van der Waals surface area contributed by atoms with Gasteiger partial charge < -0.3 is 10.4 Å². The van der Waals surface area contributed by atoms with Gasteiger partial charge in [0.15, 0.2) is 0 Å². The molecular formula is C12H14BrNO2. The summed E-state index contributed by atoms with van der Waals surface area (Å²) >= 11 is 3.55. The number of hydrogen-bond acceptors (Lipinski definition) is 2. The third-order valence-electron chi connectivity index (χ3n) is 2.74. The molecule has 16 heavy (non-hydrogen) atoms. The molecule has 1 aliphatic rings. The lowest BCUT2D eigenvalue weighted by atomic mass is 10.2. The Morgan fingerprint density at radius 1 is 1.50 bits per heavy atom. The average Bonchev–Trinajstić information content (AvgIpc) is 3.10. The van der Waals surface area contributed by atoms with Gasteiger partial charge in [-0.05, 0) is 30.9 Å². The number of carbonyl (C=O) groups excluding carboxylic acids is 1. The van der Waals surface area contributed by atoms with E-state index < -0.39 is 0 Å². The number of halogens is 1. The summed E-state index contributed by atoms with van der Waals surface area (Å²) in [4.78, 5) is 12.1. The Hall–Kier alpha value is -1.03. The first-order chi connectivity index (χ1) is 7.68. The van der Waals surface area contributed by atoms with Crippen LogP contribution in [0.15, 0.2) is 24.3 Å². The van der Waals surface area contributed by atoms with Crippen molar-refractivity contribution >= 4 is 21.8 Å². The molecule has 1 saturated carbocycles. The minimum absolute atomic E-state index is 0.0255. The molecule has 0 radical (unpaired) electrons. The van der Waals surface area contributed by atoms with Crippen molar-refractivity contribution in [3.05, 3.63) is 29.8 Å². The van der Waals surface area contributed by atoms with E-state index in [1.165, 1.54) is 18.9 Å². The number of phenols is 1. The Balaban J connectivity index is 1.90. The highest BCUT2D eigenvalue weighted by atomic mass is 79.9. The van der Waals surface area contributed by atoms with Crippen molar-refractivity contribution in [2.45, 2.75) is 17.7 Å². The number of para-hydroxylation sites is 1. The summed E-state index contributed by atoms with van der Waals surface area (Å²) in [7, 11) is 0. The predicted octanol–water partition coefficient (Wildman–Crippen LogP) is 2.30. The van der Waals surface area contributed by atoms with E-state index in [9.17, 15) is 9.90 Å². The summed E-state index contributed by atoms with van der Waals surface area (Å²) in [6.45, 7) is 0.609. The maximum absolute atomic E-state index is 11.7. The van der Waals surface area contributed by atoms with E-state index in [4.69, 9.17) is 0 Å². The molecule has 1 fully saturated rings. The van der Waals surface area contributed by atoms with Gasteiger partial charge in [-0.25, -0.2) is 0 Å². The van der Waals surface area contributed by atoms with Crippen LogP contribution in [0.3, 0.4) is 0 Å². The lowest BCUT2D eigenvalue weighted by molar-refractivity contribution is 0.0951. The zero-order valence-electron chi connectivity index (χ0n) is 8.82. The van der Waals surface area contributed by atoms with E-state index in [2.05, 4.69) is 21.2 Å². The van der Waals surface area contributed by atoms with Crippen molar-refractivity contribution in [2.75, 3.05) is 6.54 Å². The summed E-state index contributed by atoms with van der Waals surface area (Å²) < 4.78 is 0. The molecule has 0 saturated heterocycles. The second-order valence-corrected chi connectivity index (χ2v) is 5.26. The van der Waals surface area contributed by atoms with E-state index in [-0.39, 0.29) is 11.7 Å². The maximum Gasteiger partial charge on any atom is 0.255 e. The number of nitrogens with one attached hydrogen (secondary N) is 1. The molecule has 4 heteroatoms. The van der Waals surface area contributed by atoms with Crippen molar-refractivity contribution in [1.82, 2.24) is 5.32 Å². The monoisotopic (exact) mass is 283 g/mol. The van der Waals surface area contributed by atoms with Crippen LogP contribution in [0.25, 0.3) is 0 Å². The molecule has 0 bridgehead atoms. The summed E-state index contributed by atoms with van der Waals surface area (Å²) in [5, 5.41) is 12.3. The molecule has 1 unspecified atom stereocenters. The van der Waals surface area contributed by atoms with E-state index in [1.807, 2.05) is 0 Å². The van der Waals surface area contributed by atoms with Crippen LogP contribution in [-0.4, -0.2) is 22.4 Å². The van der Waals surface area contributed by atoms with Gasteiger partial charge in [0.25, 0.3) is 5.91 Å². The van der Waals surface area contributed by atoms with Crippen LogP contribution >= 0.6 is 15.9 Å². The van der Waals surface area contributed by atoms with Gasteiger partial charge in [-0.2, -0.15) is 0 Å². The van der Waals surface area contributed by atoms with Crippen LogP contribution in [0.1, 0.15) is 23.2 Å². The third-order valence-corrected chi connectivity index (χ3v) is 3.81. The van der Waals surface area contributed by atoms with E-state index in [1.54, 1.807) is 18.2 Å². The van der Waals surface area contributed by atoms with Crippen molar-refractivity contribution in [2.24, 2.45) is 5.92 Å². The highest BCUT2D eigenvalue weighted by molar-refractivity contribution is 9.09. The first kappa shape index (κ1) is 11.5. The quantitative estimate of drug-likeness (QED) is 0.833.